The molecule has 0 spiro atoms. The van der Waals surface area contributed by atoms with E-state index in [1.807, 2.05) is 0 Å². The molecule has 108 valence electrons. The van der Waals surface area contributed by atoms with Crippen LogP contribution in [0.3, 0.4) is 0 Å². The Balaban J connectivity index is 1.94. The van der Waals surface area contributed by atoms with Crippen molar-refractivity contribution in [1.29, 1.82) is 0 Å². The lowest BCUT2D eigenvalue weighted by atomic mass is 9.94. The van der Waals surface area contributed by atoms with E-state index in [0.717, 1.165) is 19.5 Å². The first-order valence-corrected chi connectivity index (χ1v) is 6.79. The van der Waals surface area contributed by atoms with Gasteiger partial charge in [0, 0.05) is 24.7 Å². The molecule has 6 nitrogen and oxygen atoms in total. The Morgan fingerprint density at radius 2 is 2.35 bits per heavy atom. The Kier molecular flexibility index (Phi) is 4.68. The number of piperidine rings is 1. The van der Waals surface area contributed by atoms with E-state index in [2.05, 4.69) is 17.6 Å². The van der Waals surface area contributed by atoms with Crippen LogP contribution in [0.2, 0.25) is 0 Å². The lowest BCUT2D eigenvalue weighted by Crippen LogP contribution is -2.50. The summed E-state index contributed by atoms with van der Waals surface area (Å²) < 4.78 is 0. The molecular weight excluding hydrogens is 258 g/mol. The minimum atomic E-state index is -0.450. The fourth-order valence-electron chi connectivity index (χ4n) is 2.41. The Hall–Kier alpha value is -1.95. The van der Waals surface area contributed by atoms with Crippen LogP contribution >= 0.6 is 0 Å². The quantitative estimate of drug-likeness (QED) is 0.641. The zero-order valence-corrected chi connectivity index (χ0v) is 11.5. The molecule has 6 heteroatoms. The Labute approximate surface area is 117 Å². The first-order valence-electron chi connectivity index (χ1n) is 6.79. The van der Waals surface area contributed by atoms with Gasteiger partial charge in [0.2, 0.25) is 5.91 Å². The number of nitrogens with zero attached hydrogens (tertiary/aromatic N) is 1. The van der Waals surface area contributed by atoms with Gasteiger partial charge in [0.15, 0.2) is 0 Å². The van der Waals surface area contributed by atoms with Crippen LogP contribution in [-0.2, 0) is 11.2 Å². The molecule has 1 saturated heterocycles. The molecule has 1 aromatic carbocycles. The molecule has 2 N–H and O–H groups in total. The second-order valence-corrected chi connectivity index (χ2v) is 5.25. The molecule has 1 fully saturated rings. The van der Waals surface area contributed by atoms with Gasteiger partial charge in [0.1, 0.15) is 0 Å². The number of carbonyl (C=O) groups is 1. The minimum Gasteiger partial charge on any atom is -0.352 e. The van der Waals surface area contributed by atoms with Crippen molar-refractivity contribution in [3.8, 4) is 0 Å². The fraction of sp³-hybridized carbons (Fsp3) is 0.500. The summed E-state index contributed by atoms with van der Waals surface area (Å²) in [6.07, 6.45) is 1.21. The zero-order valence-electron chi connectivity index (χ0n) is 11.5. The topological polar surface area (TPSA) is 84.3 Å². The average Bonchev–Trinajstić information content (AvgIpc) is 2.41. The largest absolute Gasteiger partial charge is 0.352 e. The van der Waals surface area contributed by atoms with E-state index in [9.17, 15) is 14.9 Å². The van der Waals surface area contributed by atoms with Crippen molar-refractivity contribution in [3.05, 3.63) is 39.9 Å². The van der Waals surface area contributed by atoms with E-state index in [1.165, 1.54) is 12.1 Å². The number of nitro groups is 1. The highest BCUT2D eigenvalue weighted by molar-refractivity contribution is 5.79. The van der Waals surface area contributed by atoms with Crippen LogP contribution < -0.4 is 10.6 Å². The van der Waals surface area contributed by atoms with Crippen molar-refractivity contribution in [2.75, 3.05) is 13.1 Å². The van der Waals surface area contributed by atoms with Crippen molar-refractivity contribution in [2.45, 2.75) is 25.8 Å². The molecule has 2 unspecified atom stereocenters. The van der Waals surface area contributed by atoms with Gasteiger partial charge in [-0.15, -0.1) is 0 Å². The number of rotatable bonds is 4. The third-order valence-electron chi connectivity index (χ3n) is 3.66. The third-order valence-corrected chi connectivity index (χ3v) is 3.66. The van der Waals surface area contributed by atoms with Crippen LogP contribution in [0.1, 0.15) is 18.9 Å². The number of benzene rings is 1. The SMILES string of the molecule is CC1CCNCC1NC(=O)Cc1cccc([N+](=O)[O-])c1. The molecule has 2 atom stereocenters. The molecule has 1 heterocycles. The fourth-order valence-corrected chi connectivity index (χ4v) is 2.41. The van der Waals surface area contributed by atoms with Gasteiger partial charge in [0.05, 0.1) is 11.3 Å². The van der Waals surface area contributed by atoms with Gasteiger partial charge in [-0.05, 0) is 24.4 Å². The summed E-state index contributed by atoms with van der Waals surface area (Å²) in [7, 11) is 0. The van der Waals surface area contributed by atoms with E-state index in [1.54, 1.807) is 12.1 Å². The average molecular weight is 277 g/mol. The maximum atomic E-state index is 12.0. The van der Waals surface area contributed by atoms with Crippen LogP contribution in [-0.4, -0.2) is 30.0 Å². The van der Waals surface area contributed by atoms with Gasteiger partial charge in [-0.25, -0.2) is 0 Å². The molecule has 1 aliphatic rings. The van der Waals surface area contributed by atoms with Crippen molar-refractivity contribution < 1.29 is 9.72 Å². The van der Waals surface area contributed by atoms with Gasteiger partial charge >= 0.3 is 0 Å². The molecule has 0 saturated carbocycles. The predicted octanol–water partition coefficient (Wildman–Crippen LogP) is 1.25. The molecule has 0 aliphatic carbocycles. The minimum absolute atomic E-state index is 0.0167. The Morgan fingerprint density at radius 3 is 3.05 bits per heavy atom. The molecule has 0 aromatic heterocycles. The first-order chi connectivity index (χ1) is 9.56. The van der Waals surface area contributed by atoms with Gasteiger partial charge in [-0.2, -0.15) is 0 Å². The van der Waals surface area contributed by atoms with Crippen LogP contribution in [0.4, 0.5) is 5.69 Å². The predicted molar refractivity (Wildman–Crippen MR) is 75.4 cm³/mol. The van der Waals surface area contributed by atoms with Crippen LogP contribution in [0.15, 0.2) is 24.3 Å². The third kappa shape index (κ3) is 3.77. The first kappa shape index (κ1) is 14.5. The van der Waals surface area contributed by atoms with Crippen LogP contribution in [0.5, 0.6) is 0 Å². The van der Waals surface area contributed by atoms with Gasteiger partial charge in [0.25, 0.3) is 5.69 Å². The maximum Gasteiger partial charge on any atom is 0.269 e. The lowest BCUT2D eigenvalue weighted by molar-refractivity contribution is -0.384. The number of nitrogens with one attached hydrogen (secondary N) is 2. The van der Waals surface area contributed by atoms with Gasteiger partial charge in [-0.1, -0.05) is 19.1 Å². The van der Waals surface area contributed by atoms with Crippen molar-refractivity contribution >= 4 is 11.6 Å². The summed E-state index contributed by atoms with van der Waals surface area (Å²) in [6.45, 7) is 3.89. The highest BCUT2D eigenvalue weighted by atomic mass is 16.6. The van der Waals surface area contributed by atoms with Crippen LogP contribution in [0.25, 0.3) is 0 Å². The normalized spacial score (nSPS) is 22.2. The van der Waals surface area contributed by atoms with E-state index >= 15 is 0 Å². The van der Waals surface area contributed by atoms with E-state index in [-0.39, 0.29) is 24.1 Å². The van der Waals surface area contributed by atoms with Crippen molar-refractivity contribution in [2.24, 2.45) is 5.92 Å². The molecular formula is C14H19N3O3. The molecule has 2 rings (SSSR count). The zero-order chi connectivity index (χ0) is 14.5. The van der Waals surface area contributed by atoms with E-state index in [4.69, 9.17) is 0 Å². The summed E-state index contributed by atoms with van der Waals surface area (Å²) in [6, 6.07) is 6.34. The second-order valence-electron chi connectivity index (χ2n) is 5.25. The maximum absolute atomic E-state index is 12.0. The number of hydrogen-bond acceptors (Lipinski definition) is 4. The smallest absolute Gasteiger partial charge is 0.269 e. The lowest BCUT2D eigenvalue weighted by Gasteiger charge is -2.30. The number of amides is 1. The molecule has 20 heavy (non-hydrogen) atoms. The second kappa shape index (κ2) is 6.47. The highest BCUT2D eigenvalue weighted by Crippen LogP contribution is 2.14. The highest BCUT2D eigenvalue weighted by Gasteiger charge is 2.22. The number of carbonyl (C=O) groups excluding carboxylic acids is 1. The monoisotopic (exact) mass is 277 g/mol. The molecule has 0 radical (unpaired) electrons. The molecule has 1 amide bonds. The van der Waals surface area contributed by atoms with E-state index in [0.29, 0.717) is 11.5 Å². The number of hydrogen-bond donors (Lipinski definition) is 2. The number of nitro benzene ring substituents is 1. The molecule has 1 aliphatic heterocycles. The molecule has 1 aromatic rings. The van der Waals surface area contributed by atoms with E-state index < -0.39 is 4.92 Å². The standard InChI is InChI=1S/C14H19N3O3/c1-10-5-6-15-9-13(10)16-14(18)8-11-3-2-4-12(7-11)17(19)20/h2-4,7,10,13,15H,5-6,8-9H2,1H3,(H,16,18). The summed E-state index contributed by atoms with van der Waals surface area (Å²) in [4.78, 5) is 22.2. The van der Waals surface area contributed by atoms with Crippen molar-refractivity contribution in [3.63, 3.8) is 0 Å². The Morgan fingerprint density at radius 1 is 1.55 bits per heavy atom. The number of non-ortho nitro benzene ring substituents is 1. The summed E-state index contributed by atoms with van der Waals surface area (Å²) in [5, 5.41) is 16.9. The van der Waals surface area contributed by atoms with Crippen molar-refractivity contribution in [1.82, 2.24) is 10.6 Å². The summed E-state index contributed by atoms with van der Waals surface area (Å²) >= 11 is 0. The van der Waals surface area contributed by atoms with Gasteiger partial charge < -0.3 is 10.6 Å². The Bertz CT molecular complexity index is 504. The molecule has 0 bridgehead atoms. The van der Waals surface area contributed by atoms with Gasteiger partial charge in [-0.3, -0.25) is 14.9 Å². The summed E-state index contributed by atoms with van der Waals surface area (Å²) in [5.74, 6) is 0.358. The van der Waals surface area contributed by atoms with Crippen LogP contribution in [0, 0.1) is 16.0 Å². The summed E-state index contributed by atoms with van der Waals surface area (Å²) in [5.41, 5.74) is 0.677.